The van der Waals surface area contributed by atoms with Crippen molar-refractivity contribution >= 4 is 17.3 Å². The summed E-state index contributed by atoms with van der Waals surface area (Å²) in [6, 6.07) is 15.7. The van der Waals surface area contributed by atoms with Gasteiger partial charge in [-0.3, -0.25) is 0 Å². The van der Waals surface area contributed by atoms with E-state index in [9.17, 15) is 0 Å². The van der Waals surface area contributed by atoms with Gasteiger partial charge in [0.25, 0.3) is 0 Å². The zero-order valence-electron chi connectivity index (χ0n) is 29.0. The Hall–Kier alpha value is -3.47. The van der Waals surface area contributed by atoms with Crippen molar-refractivity contribution in [3.63, 3.8) is 0 Å². The first kappa shape index (κ1) is 41.5. The topological polar surface area (TPSA) is 98.3 Å². The molecule has 0 heterocycles. The summed E-state index contributed by atoms with van der Waals surface area (Å²) in [6.45, 7) is 18.9. The molecule has 0 aliphatic heterocycles. The van der Waals surface area contributed by atoms with Crippen molar-refractivity contribution in [1.29, 1.82) is 0 Å². The highest BCUT2D eigenvalue weighted by Crippen LogP contribution is 2.24. The van der Waals surface area contributed by atoms with E-state index in [1.54, 1.807) is 12.1 Å². The van der Waals surface area contributed by atoms with Crippen molar-refractivity contribution in [3.8, 4) is 0 Å². The van der Waals surface area contributed by atoms with Crippen LogP contribution in [0.2, 0.25) is 5.02 Å². The Labute approximate surface area is 280 Å². The SMILES string of the molecule is C=C/C=C(\C=C/C(C)CC)C(/C)=C/CC/C(CC)=C(N)\C(N)=C\CCC.C[C@H](CO)c1ccc(N)c(Cl)c1.Cc1ccccc1. The third-order valence-corrected chi connectivity index (χ3v) is 7.80. The zero-order valence-corrected chi connectivity index (χ0v) is 29.7. The molecule has 1 unspecified atom stereocenters. The maximum absolute atomic E-state index is 8.87. The second kappa shape index (κ2) is 24.8. The third-order valence-electron chi connectivity index (χ3n) is 7.48. The number of nitrogen functional groups attached to an aromatic ring is 1. The van der Waals surface area contributed by atoms with Gasteiger partial charge in [0.15, 0.2) is 0 Å². The van der Waals surface area contributed by atoms with Crippen molar-refractivity contribution in [1.82, 2.24) is 0 Å². The van der Waals surface area contributed by atoms with E-state index >= 15 is 0 Å². The highest BCUT2D eigenvalue weighted by molar-refractivity contribution is 6.33. The summed E-state index contributed by atoms with van der Waals surface area (Å²) in [5.74, 6) is 0.700. The molecule has 248 valence electrons. The van der Waals surface area contributed by atoms with Gasteiger partial charge >= 0.3 is 0 Å². The number of aliphatic hydroxyl groups is 1. The summed E-state index contributed by atoms with van der Waals surface area (Å²) in [7, 11) is 0. The van der Waals surface area contributed by atoms with E-state index in [0.29, 0.717) is 16.6 Å². The number of anilines is 1. The Morgan fingerprint density at radius 3 is 2.16 bits per heavy atom. The molecule has 5 heteroatoms. The first-order valence-corrected chi connectivity index (χ1v) is 16.6. The smallest absolute Gasteiger partial charge is 0.0638 e. The van der Waals surface area contributed by atoms with Crippen LogP contribution in [-0.2, 0) is 0 Å². The molecule has 0 saturated carbocycles. The fraction of sp³-hybridized carbons (Fsp3) is 0.400. The second-order valence-corrected chi connectivity index (χ2v) is 11.8. The van der Waals surface area contributed by atoms with E-state index in [2.05, 4.69) is 84.6 Å². The minimum absolute atomic E-state index is 0.114. The predicted octanol–water partition coefficient (Wildman–Crippen LogP) is 10.7. The Bertz CT molecular complexity index is 1270. The van der Waals surface area contributed by atoms with Crippen molar-refractivity contribution in [2.45, 2.75) is 92.9 Å². The van der Waals surface area contributed by atoms with Gasteiger partial charge in [-0.2, -0.15) is 0 Å². The summed E-state index contributed by atoms with van der Waals surface area (Å²) in [6.07, 6.45) is 18.8. The average Bonchev–Trinajstić information content (AvgIpc) is 3.05. The first-order chi connectivity index (χ1) is 21.4. The number of hydrogen-bond donors (Lipinski definition) is 4. The Morgan fingerprint density at radius 1 is 1.00 bits per heavy atom. The molecule has 0 radical (unpaired) electrons. The van der Waals surface area contributed by atoms with Crippen molar-refractivity contribution < 1.29 is 5.11 Å². The van der Waals surface area contributed by atoms with Crippen LogP contribution in [0.5, 0.6) is 0 Å². The molecular weight excluding hydrogens is 574 g/mol. The van der Waals surface area contributed by atoms with Crippen LogP contribution in [0, 0.1) is 12.8 Å². The lowest BCUT2D eigenvalue weighted by atomic mass is 9.99. The molecule has 2 aromatic rings. The van der Waals surface area contributed by atoms with Gasteiger partial charge in [0.05, 0.1) is 22.1 Å². The number of aryl methyl sites for hydroxylation is 1. The molecule has 2 aromatic carbocycles. The van der Waals surface area contributed by atoms with Gasteiger partial charge in [-0.25, -0.2) is 0 Å². The largest absolute Gasteiger partial charge is 0.398 e. The van der Waals surface area contributed by atoms with Gasteiger partial charge in [-0.15, -0.1) is 0 Å². The van der Waals surface area contributed by atoms with Gasteiger partial charge in [-0.1, -0.05) is 144 Å². The van der Waals surface area contributed by atoms with E-state index in [-0.39, 0.29) is 12.5 Å². The molecular formula is C40H60ClN3O. The maximum Gasteiger partial charge on any atom is 0.0638 e. The first-order valence-electron chi connectivity index (χ1n) is 16.2. The Kier molecular flexibility index (Phi) is 22.9. The van der Waals surface area contributed by atoms with E-state index in [1.807, 2.05) is 43.3 Å². The summed E-state index contributed by atoms with van der Waals surface area (Å²) in [4.78, 5) is 0. The monoisotopic (exact) mass is 633 g/mol. The van der Waals surface area contributed by atoms with E-state index in [0.717, 1.165) is 55.5 Å². The Balaban J connectivity index is 0.000000820. The fourth-order valence-electron chi connectivity index (χ4n) is 4.04. The number of aliphatic hydroxyl groups excluding tert-OH is 1. The van der Waals surface area contributed by atoms with Crippen LogP contribution in [-0.4, -0.2) is 11.7 Å². The summed E-state index contributed by atoms with van der Waals surface area (Å²) in [5.41, 5.74) is 26.0. The van der Waals surface area contributed by atoms with E-state index < -0.39 is 0 Å². The summed E-state index contributed by atoms with van der Waals surface area (Å²) < 4.78 is 0. The van der Waals surface area contributed by atoms with Crippen LogP contribution in [0.3, 0.4) is 0 Å². The predicted molar refractivity (Wildman–Crippen MR) is 201 cm³/mol. The molecule has 45 heavy (non-hydrogen) atoms. The normalized spacial score (nSPS) is 14.0. The molecule has 0 aromatic heterocycles. The molecule has 0 aliphatic carbocycles. The maximum atomic E-state index is 8.87. The fourth-order valence-corrected chi connectivity index (χ4v) is 4.22. The summed E-state index contributed by atoms with van der Waals surface area (Å²) >= 11 is 5.81. The quantitative estimate of drug-likeness (QED) is 0.123. The second-order valence-electron chi connectivity index (χ2n) is 11.4. The van der Waals surface area contributed by atoms with Crippen LogP contribution in [0.25, 0.3) is 0 Å². The van der Waals surface area contributed by atoms with Crippen LogP contribution in [0.15, 0.2) is 120 Å². The minimum atomic E-state index is 0.114. The number of unbranched alkanes of at least 4 members (excludes halogenated alkanes) is 1. The lowest BCUT2D eigenvalue weighted by Crippen LogP contribution is -2.12. The molecule has 0 bridgehead atoms. The molecule has 7 N–H and O–H groups in total. The lowest BCUT2D eigenvalue weighted by Gasteiger charge is -2.11. The lowest BCUT2D eigenvalue weighted by molar-refractivity contribution is 0.273. The average molecular weight is 634 g/mol. The number of hydrogen-bond acceptors (Lipinski definition) is 4. The zero-order chi connectivity index (χ0) is 34.2. The van der Waals surface area contributed by atoms with Gasteiger partial charge in [0, 0.05) is 12.5 Å². The third kappa shape index (κ3) is 18.2. The number of halogens is 1. The van der Waals surface area contributed by atoms with Gasteiger partial charge < -0.3 is 22.3 Å². The number of nitrogens with two attached hydrogens (primary N) is 3. The van der Waals surface area contributed by atoms with Crippen LogP contribution >= 0.6 is 11.6 Å². The molecule has 0 amide bonds. The summed E-state index contributed by atoms with van der Waals surface area (Å²) in [5, 5.41) is 9.42. The van der Waals surface area contributed by atoms with Crippen LogP contribution in [0.1, 0.15) is 97.1 Å². The number of benzene rings is 2. The molecule has 4 nitrogen and oxygen atoms in total. The minimum Gasteiger partial charge on any atom is -0.398 e. The van der Waals surface area contributed by atoms with Crippen molar-refractivity contribution in [2.75, 3.05) is 12.3 Å². The molecule has 2 rings (SSSR count). The standard InChI is InChI=1S/C24H40N2.C9H12ClNO.C7H8/c1-7-11-16-23(25)24(26)21(10-4)15-12-14-20(6)22(13-8-2)18-17-19(5)9-3;1-6(5-12)7-2-3-9(11)8(10)4-7;1-7-5-3-2-4-6-7/h8,13-14,16-19H,2,7,9-12,15,25-26H2,1,3-6H3;2-4,6,12H,5,11H2,1H3;2-6H,1H3/b18-17-,20-14+,22-13+,23-16-,24-21+;;/t;6-;/m.1./s1. The van der Waals surface area contributed by atoms with Crippen molar-refractivity contribution in [2.24, 2.45) is 17.4 Å². The van der Waals surface area contributed by atoms with E-state index in [1.165, 1.54) is 22.3 Å². The van der Waals surface area contributed by atoms with E-state index in [4.69, 9.17) is 33.9 Å². The van der Waals surface area contributed by atoms with Crippen LogP contribution in [0.4, 0.5) is 5.69 Å². The number of rotatable bonds is 14. The molecule has 0 spiro atoms. The van der Waals surface area contributed by atoms with Gasteiger partial charge in [0.2, 0.25) is 0 Å². The van der Waals surface area contributed by atoms with Crippen LogP contribution < -0.4 is 17.2 Å². The highest BCUT2D eigenvalue weighted by atomic mass is 35.5. The van der Waals surface area contributed by atoms with Gasteiger partial charge in [0.1, 0.15) is 0 Å². The number of allylic oxidation sites excluding steroid dienone is 9. The highest BCUT2D eigenvalue weighted by Gasteiger charge is 2.06. The van der Waals surface area contributed by atoms with Gasteiger partial charge in [-0.05, 0) is 79.9 Å². The molecule has 2 atom stereocenters. The molecule has 0 saturated heterocycles. The molecule has 0 aliphatic rings. The Morgan fingerprint density at radius 2 is 1.67 bits per heavy atom. The molecule has 0 fully saturated rings. The van der Waals surface area contributed by atoms with Crippen molar-refractivity contribution in [3.05, 3.63) is 136 Å².